The number of nitrogens with two attached hydrogens (primary N) is 1. The summed E-state index contributed by atoms with van der Waals surface area (Å²) in [6.07, 6.45) is 1.70. The average molecular weight is 508 g/mol. The number of amides is 2. The Labute approximate surface area is 205 Å². The zero-order valence-corrected chi connectivity index (χ0v) is 20.9. The van der Waals surface area contributed by atoms with Crippen LogP contribution in [0.3, 0.4) is 0 Å². The van der Waals surface area contributed by atoms with Crippen molar-refractivity contribution in [2.45, 2.75) is 32.7 Å². The Hall–Kier alpha value is -2.62. The first kappa shape index (κ1) is 26.0. The molecule has 8 nitrogen and oxygen atoms in total. The molecule has 1 aliphatic heterocycles. The molecule has 2 aromatic rings. The predicted molar refractivity (Wildman–Crippen MR) is 132 cm³/mol. The van der Waals surface area contributed by atoms with Crippen molar-refractivity contribution in [2.75, 3.05) is 30.9 Å². The number of hydrogen-bond donors (Lipinski definition) is 1. The number of nitrogens with zero attached hydrogens (tertiary/aromatic N) is 2. The maximum atomic E-state index is 13.2. The van der Waals surface area contributed by atoms with Crippen molar-refractivity contribution in [2.24, 2.45) is 11.1 Å². The molecule has 3 rings (SSSR count). The van der Waals surface area contributed by atoms with Crippen LogP contribution in [0.4, 0.5) is 10.5 Å². The van der Waals surface area contributed by atoms with Crippen LogP contribution in [-0.2, 0) is 32.5 Å². The van der Waals surface area contributed by atoms with Crippen molar-refractivity contribution < 1.29 is 22.7 Å². The molecule has 1 aliphatic rings. The van der Waals surface area contributed by atoms with Crippen LogP contribution in [0.1, 0.15) is 30.9 Å². The van der Waals surface area contributed by atoms with Gasteiger partial charge in [0.25, 0.3) is 0 Å². The summed E-state index contributed by atoms with van der Waals surface area (Å²) in [5.74, 6) is -0.613. The molecular weight excluding hydrogens is 478 g/mol. The Kier molecular flexibility index (Phi) is 8.22. The maximum absolute atomic E-state index is 13.2. The van der Waals surface area contributed by atoms with Crippen molar-refractivity contribution in [1.82, 2.24) is 4.31 Å². The van der Waals surface area contributed by atoms with Gasteiger partial charge in [-0.3, -0.25) is 9.69 Å². The number of carbonyl (C=O) groups excluding carboxylic acids is 2. The van der Waals surface area contributed by atoms with Crippen molar-refractivity contribution in [3.8, 4) is 0 Å². The van der Waals surface area contributed by atoms with Gasteiger partial charge in [0.05, 0.1) is 18.2 Å². The summed E-state index contributed by atoms with van der Waals surface area (Å²) >= 11 is 6.33. The van der Waals surface area contributed by atoms with Crippen molar-refractivity contribution in [1.29, 1.82) is 0 Å². The highest BCUT2D eigenvalue weighted by molar-refractivity contribution is 7.88. The summed E-state index contributed by atoms with van der Waals surface area (Å²) in [6.45, 7) is 2.27. The van der Waals surface area contributed by atoms with Crippen LogP contribution in [0.15, 0.2) is 48.5 Å². The van der Waals surface area contributed by atoms with E-state index in [1.807, 2.05) is 49.4 Å². The molecule has 2 amide bonds. The molecule has 0 aliphatic carbocycles. The van der Waals surface area contributed by atoms with Crippen molar-refractivity contribution in [3.05, 3.63) is 64.7 Å². The van der Waals surface area contributed by atoms with E-state index in [0.717, 1.165) is 23.8 Å². The fraction of sp³-hybridized carbons (Fsp3) is 0.417. The van der Waals surface area contributed by atoms with Gasteiger partial charge in [-0.1, -0.05) is 48.9 Å². The van der Waals surface area contributed by atoms with E-state index >= 15 is 0 Å². The molecule has 10 heteroatoms. The molecule has 1 fully saturated rings. The van der Waals surface area contributed by atoms with Crippen LogP contribution in [0.5, 0.6) is 0 Å². The van der Waals surface area contributed by atoms with E-state index in [1.54, 1.807) is 6.07 Å². The smallest absolute Gasteiger partial charge is 0.414 e. The summed E-state index contributed by atoms with van der Waals surface area (Å²) in [4.78, 5) is 27.0. The lowest BCUT2D eigenvalue weighted by molar-refractivity contribution is -0.132. The lowest BCUT2D eigenvalue weighted by atomic mass is 9.79. The van der Waals surface area contributed by atoms with E-state index in [1.165, 1.54) is 9.21 Å². The fourth-order valence-electron chi connectivity index (χ4n) is 3.96. The van der Waals surface area contributed by atoms with Gasteiger partial charge in [0.2, 0.25) is 15.9 Å². The number of sulfonamides is 1. The average Bonchev–Trinajstić information content (AvgIpc) is 2.81. The lowest BCUT2D eigenvalue weighted by Gasteiger charge is -2.38. The first-order valence-electron chi connectivity index (χ1n) is 11.1. The largest absolute Gasteiger partial charge is 0.448 e. The van der Waals surface area contributed by atoms with Gasteiger partial charge in [0, 0.05) is 23.8 Å². The van der Waals surface area contributed by atoms with Gasteiger partial charge in [0.1, 0.15) is 6.61 Å². The summed E-state index contributed by atoms with van der Waals surface area (Å²) < 4.78 is 30.6. The molecule has 2 N–H and O–H groups in total. The van der Waals surface area contributed by atoms with Gasteiger partial charge in [-0.2, -0.15) is 0 Å². The molecule has 2 aromatic carbocycles. The van der Waals surface area contributed by atoms with E-state index in [-0.39, 0.29) is 39.1 Å². The molecule has 0 radical (unpaired) electrons. The van der Waals surface area contributed by atoms with Crippen molar-refractivity contribution in [3.63, 3.8) is 0 Å². The molecule has 0 aromatic heterocycles. The third-order valence-corrected chi connectivity index (χ3v) is 7.98. The number of benzene rings is 2. The van der Waals surface area contributed by atoms with Crippen LogP contribution < -0.4 is 10.6 Å². The number of primary amides is 1. The molecule has 184 valence electrons. The Morgan fingerprint density at radius 1 is 1.12 bits per heavy atom. The van der Waals surface area contributed by atoms with Crippen LogP contribution in [0.25, 0.3) is 0 Å². The van der Waals surface area contributed by atoms with Gasteiger partial charge in [-0.15, -0.1) is 0 Å². The zero-order valence-electron chi connectivity index (χ0n) is 19.4. The van der Waals surface area contributed by atoms with Crippen LogP contribution in [0, 0.1) is 5.41 Å². The normalized spacial score (nSPS) is 16.1. The fourth-order valence-corrected chi connectivity index (χ4v) is 5.00. The van der Waals surface area contributed by atoms with E-state index in [9.17, 15) is 18.0 Å². The minimum Gasteiger partial charge on any atom is -0.448 e. The standard InChI is InChI=1S/C24H30ClN3O5S/c1-3-18-8-10-20(11-9-18)28(16-19-6-4-5-7-21(19)25)23(30)33-17-24(22(26)29)12-14-27(15-13-24)34(2,31)32/h4-11H,3,12-17H2,1-2H3,(H2,26,29). The second-order valence-electron chi connectivity index (χ2n) is 8.56. The number of hydrogen-bond acceptors (Lipinski definition) is 5. The third-order valence-electron chi connectivity index (χ3n) is 6.31. The summed E-state index contributed by atoms with van der Waals surface area (Å²) in [5, 5.41) is 0.521. The second-order valence-corrected chi connectivity index (χ2v) is 10.9. The highest BCUT2D eigenvalue weighted by Gasteiger charge is 2.43. The number of rotatable bonds is 8. The topological polar surface area (TPSA) is 110 Å². The molecular formula is C24H30ClN3O5S. The van der Waals surface area contributed by atoms with Crippen LogP contribution in [-0.4, -0.2) is 50.7 Å². The third kappa shape index (κ3) is 6.08. The maximum Gasteiger partial charge on any atom is 0.414 e. The van der Waals surface area contributed by atoms with Gasteiger partial charge in [-0.05, 0) is 48.6 Å². The van der Waals surface area contributed by atoms with E-state index in [4.69, 9.17) is 22.1 Å². The Morgan fingerprint density at radius 3 is 2.26 bits per heavy atom. The highest BCUT2D eigenvalue weighted by atomic mass is 35.5. The van der Waals surface area contributed by atoms with Gasteiger partial charge < -0.3 is 10.5 Å². The van der Waals surface area contributed by atoms with Gasteiger partial charge >= 0.3 is 6.09 Å². The number of aryl methyl sites for hydroxylation is 1. The minimum atomic E-state index is -3.37. The number of ether oxygens (including phenoxy) is 1. The highest BCUT2D eigenvalue weighted by Crippen LogP contribution is 2.33. The van der Waals surface area contributed by atoms with Crippen molar-refractivity contribution >= 4 is 39.3 Å². The number of carbonyl (C=O) groups is 2. The van der Waals surface area contributed by atoms with Gasteiger partial charge in [-0.25, -0.2) is 17.5 Å². The molecule has 0 unspecified atom stereocenters. The predicted octanol–water partition coefficient (Wildman–Crippen LogP) is 3.57. The number of anilines is 1. The van der Waals surface area contributed by atoms with E-state index < -0.39 is 27.4 Å². The lowest BCUT2D eigenvalue weighted by Crippen LogP contribution is -2.51. The Balaban J connectivity index is 1.80. The summed E-state index contributed by atoms with van der Waals surface area (Å²) in [6, 6.07) is 14.8. The van der Waals surface area contributed by atoms with Crippen LogP contribution in [0.2, 0.25) is 5.02 Å². The number of piperidine rings is 1. The number of halogens is 1. The first-order valence-corrected chi connectivity index (χ1v) is 13.3. The molecule has 34 heavy (non-hydrogen) atoms. The molecule has 0 saturated carbocycles. The summed E-state index contributed by atoms with van der Waals surface area (Å²) in [7, 11) is -3.37. The van der Waals surface area contributed by atoms with Gasteiger partial charge in [0.15, 0.2) is 0 Å². The SMILES string of the molecule is CCc1ccc(N(Cc2ccccc2Cl)C(=O)OCC2(C(N)=O)CCN(S(C)(=O)=O)CC2)cc1. The zero-order chi connectivity index (χ0) is 24.9. The molecule has 1 heterocycles. The van der Waals surface area contributed by atoms with Crippen LogP contribution >= 0.6 is 11.6 Å². The molecule has 1 saturated heterocycles. The monoisotopic (exact) mass is 507 g/mol. The Bertz CT molecular complexity index is 1130. The first-order chi connectivity index (χ1) is 16.1. The quantitative estimate of drug-likeness (QED) is 0.587. The minimum absolute atomic E-state index is 0.140. The second kappa shape index (κ2) is 10.8. The van der Waals surface area contributed by atoms with E-state index in [2.05, 4.69) is 0 Å². The Morgan fingerprint density at radius 2 is 1.74 bits per heavy atom. The summed E-state index contributed by atoms with van der Waals surface area (Å²) in [5.41, 5.74) is 7.04. The molecule has 0 bridgehead atoms. The van der Waals surface area contributed by atoms with E-state index in [0.29, 0.717) is 10.7 Å². The molecule has 0 atom stereocenters. The molecule has 0 spiro atoms.